The van der Waals surface area contributed by atoms with E-state index in [-0.39, 0.29) is 12.6 Å². The number of hydrogen-bond acceptors (Lipinski definition) is 5. The summed E-state index contributed by atoms with van der Waals surface area (Å²) in [7, 11) is 0. The third-order valence-corrected chi connectivity index (χ3v) is 3.17. The maximum atomic E-state index is 11.9. The van der Waals surface area contributed by atoms with Gasteiger partial charge in [0.25, 0.3) is 0 Å². The predicted molar refractivity (Wildman–Crippen MR) is 85.7 cm³/mol. The summed E-state index contributed by atoms with van der Waals surface area (Å²) in [6.07, 6.45) is 0.355. The van der Waals surface area contributed by atoms with Crippen LogP contribution < -0.4 is 10.5 Å². The molecule has 0 amide bonds. The second-order valence-corrected chi connectivity index (χ2v) is 5.14. The number of esters is 2. The van der Waals surface area contributed by atoms with Gasteiger partial charge in [-0.2, -0.15) is 0 Å². The highest BCUT2D eigenvalue weighted by Gasteiger charge is 2.16. The zero-order valence-corrected chi connectivity index (χ0v) is 12.9. The van der Waals surface area contributed by atoms with Gasteiger partial charge >= 0.3 is 11.9 Å². The first-order valence-electron chi connectivity index (χ1n) is 7.28. The Morgan fingerprint density at radius 1 is 1.00 bits per heavy atom. The first-order chi connectivity index (χ1) is 11.0. The molecule has 0 aliphatic rings. The van der Waals surface area contributed by atoms with Gasteiger partial charge in [0.05, 0.1) is 0 Å². The monoisotopic (exact) mass is 313 g/mol. The van der Waals surface area contributed by atoms with Gasteiger partial charge in [0.15, 0.2) is 0 Å². The molecule has 0 heterocycles. The molecule has 2 aromatic carbocycles. The molecule has 0 radical (unpaired) electrons. The zero-order valence-electron chi connectivity index (χ0n) is 12.9. The molecule has 2 rings (SSSR count). The normalized spacial score (nSPS) is 11.6. The number of rotatable bonds is 6. The van der Waals surface area contributed by atoms with Crippen LogP contribution in [0, 0.1) is 0 Å². The number of nitrogens with two attached hydrogens (primary N) is 1. The van der Waals surface area contributed by atoms with Crippen LogP contribution in [0.15, 0.2) is 54.6 Å². The van der Waals surface area contributed by atoms with Gasteiger partial charge in [-0.1, -0.05) is 42.5 Å². The lowest BCUT2D eigenvalue weighted by molar-refractivity contribution is -0.146. The SMILES string of the molecule is CC(=O)Oc1ccc(CC(N)C(=O)OCc2ccccc2)cc1. The molecular formula is C18H19NO4. The van der Waals surface area contributed by atoms with Gasteiger partial charge < -0.3 is 15.2 Å². The number of ether oxygens (including phenoxy) is 2. The minimum absolute atomic E-state index is 0.207. The van der Waals surface area contributed by atoms with Crippen LogP contribution in [-0.2, 0) is 27.4 Å². The molecule has 0 aromatic heterocycles. The third kappa shape index (κ3) is 5.56. The van der Waals surface area contributed by atoms with Crippen LogP contribution in [0.25, 0.3) is 0 Å². The van der Waals surface area contributed by atoms with Crippen molar-refractivity contribution in [1.29, 1.82) is 0 Å². The Labute approximate surface area is 135 Å². The molecule has 0 bridgehead atoms. The van der Waals surface area contributed by atoms with Crippen molar-refractivity contribution >= 4 is 11.9 Å². The molecule has 0 saturated heterocycles. The average Bonchev–Trinajstić information content (AvgIpc) is 2.55. The lowest BCUT2D eigenvalue weighted by Gasteiger charge is -2.12. The van der Waals surface area contributed by atoms with E-state index >= 15 is 0 Å². The molecule has 0 aliphatic heterocycles. The Balaban J connectivity index is 1.84. The maximum Gasteiger partial charge on any atom is 0.323 e. The first-order valence-corrected chi connectivity index (χ1v) is 7.28. The van der Waals surface area contributed by atoms with E-state index in [9.17, 15) is 9.59 Å². The van der Waals surface area contributed by atoms with Crippen molar-refractivity contribution in [3.8, 4) is 5.75 Å². The van der Waals surface area contributed by atoms with E-state index in [4.69, 9.17) is 15.2 Å². The van der Waals surface area contributed by atoms with E-state index in [1.165, 1.54) is 6.92 Å². The lowest BCUT2D eigenvalue weighted by Crippen LogP contribution is -2.34. The quantitative estimate of drug-likeness (QED) is 0.653. The van der Waals surface area contributed by atoms with Crippen LogP contribution in [-0.4, -0.2) is 18.0 Å². The molecule has 120 valence electrons. The molecule has 0 fully saturated rings. The van der Waals surface area contributed by atoms with Crippen LogP contribution in [0.5, 0.6) is 5.75 Å². The van der Waals surface area contributed by atoms with Gasteiger partial charge in [-0.25, -0.2) is 0 Å². The van der Waals surface area contributed by atoms with Crippen LogP contribution in [0.4, 0.5) is 0 Å². The van der Waals surface area contributed by atoms with Crippen molar-refractivity contribution in [3.05, 3.63) is 65.7 Å². The minimum atomic E-state index is -0.738. The fourth-order valence-electron chi connectivity index (χ4n) is 2.03. The van der Waals surface area contributed by atoms with Gasteiger partial charge in [-0.3, -0.25) is 9.59 Å². The van der Waals surface area contributed by atoms with Crippen LogP contribution >= 0.6 is 0 Å². The molecule has 1 atom stereocenters. The summed E-state index contributed by atoms with van der Waals surface area (Å²) in [5.41, 5.74) is 7.65. The Morgan fingerprint density at radius 3 is 2.26 bits per heavy atom. The number of benzene rings is 2. The molecular weight excluding hydrogens is 294 g/mol. The Bertz CT molecular complexity index is 652. The summed E-state index contributed by atoms with van der Waals surface area (Å²) in [6.45, 7) is 1.55. The molecule has 0 spiro atoms. The minimum Gasteiger partial charge on any atom is -0.460 e. The van der Waals surface area contributed by atoms with Gasteiger partial charge in [-0.05, 0) is 29.7 Å². The van der Waals surface area contributed by atoms with Crippen molar-refractivity contribution in [2.24, 2.45) is 5.73 Å². The Kier molecular flexibility index (Phi) is 5.88. The highest BCUT2D eigenvalue weighted by Crippen LogP contribution is 2.14. The molecule has 1 unspecified atom stereocenters. The van der Waals surface area contributed by atoms with E-state index in [2.05, 4.69) is 0 Å². The highest BCUT2D eigenvalue weighted by molar-refractivity contribution is 5.76. The molecule has 23 heavy (non-hydrogen) atoms. The third-order valence-electron chi connectivity index (χ3n) is 3.17. The van der Waals surface area contributed by atoms with E-state index in [1.54, 1.807) is 24.3 Å². The van der Waals surface area contributed by atoms with Crippen molar-refractivity contribution < 1.29 is 19.1 Å². The van der Waals surface area contributed by atoms with Crippen molar-refractivity contribution in [1.82, 2.24) is 0 Å². The molecule has 5 nitrogen and oxygen atoms in total. The Hall–Kier alpha value is -2.66. The van der Waals surface area contributed by atoms with Crippen LogP contribution in [0.3, 0.4) is 0 Å². The fourth-order valence-corrected chi connectivity index (χ4v) is 2.03. The summed E-state index contributed by atoms with van der Waals surface area (Å²) < 4.78 is 10.2. The van der Waals surface area contributed by atoms with Crippen molar-refractivity contribution in [2.75, 3.05) is 0 Å². The number of carbonyl (C=O) groups excluding carboxylic acids is 2. The maximum absolute atomic E-state index is 11.9. The van der Waals surface area contributed by atoms with Crippen LogP contribution in [0.2, 0.25) is 0 Å². The smallest absolute Gasteiger partial charge is 0.323 e. The lowest BCUT2D eigenvalue weighted by atomic mass is 10.1. The summed E-state index contributed by atoms with van der Waals surface area (Å²) in [6, 6.07) is 15.6. The molecule has 2 N–H and O–H groups in total. The van der Waals surface area contributed by atoms with Gasteiger partial charge in [-0.15, -0.1) is 0 Å². The second-order valence-electron chi connectivity index (χ2n) is 5.14. The highest BCUT2D eigenvalue weighted by atomic mass is 16.5. The van der Waals surface area contributed by atoms with Crippen molar-refractivity contribution in [3.63, 3.8) is 0 Å². The summed E-state index contributed by atoms with van der Waals surface area (Å²) >= 11 is 0. The van der Waals surface area contributed by atoms with E-state index in [0.717, 1.165) is 11.1 Å². The Morgan fingerprint density at radius 2 is 1.65 bits per heavy atom. The standard InChI is InChI=1S/C18H19NO4/c1-13(20)23-16-9-7-14(8-10-16)11-17(19)18(21)22-12-15-5-3-2-4-6-15/h2-10,17H,11-12,19H2,1H3. The summed E-state index contributed by atoms with van der Waals surface area (Å²) in [4.78, 5) is 22.8. The zero-order chi connectivity index (χ0) is 16.7. The predicted octanol–water partition coefficient (Wildman–Crippen LogP) is 2.23. The van der Waals surface area contributed by atoms with Gasteiger partial charge in [0, 0.05) is 6.92 Å². The van der Waals surface area contributed by atoms with Crippen molar-refractivity contribution in [2.45, 2.75) is 26.0 Å². The van der Waals surface area contributed by atoms with E-state index < -0.39 is 12.0 Å². The molecule has 2 aromatic rings. The molecule has 0 saturated carbocycles. The first kappa shape index (κ1) is 16.7. The summed E-state index contributed by atoms with van der Waals surface area (Å²) in [5, 5.41) is 0. The number of carbonyl (C=O) groups is 2. The van der Waals surface area contributed by atoms with E-state index in [0.29, 0.717) is 12.2 Å². The van der Waals surface area contributed by atoms with Gasteiger partial charge in [0.1, 0.15) is 18.4 Å². The molecule has 5 heteroatoms. The number of hydrogen-bond donors (Lipinski definition) is 1. The summed E-state index contributed by atoms with van der Waals surface area (Å²) in [5.74, 6) is -0.363. The van der Waals surface area contributed by atoms with E-state index in [1.807, 2.05) is 30.3 Å². The van der Waals surface area contributed by atoms with Crippen LogP contribution in [0.1, 0.15) is 18.1 Å². The van der Waals surface area contributed by atoms with Gasteiger partial charge in [0.2, 0.25) is 0 Å². The largest absolute Gasteiger partial charge is 0.460 e. The average molecular weight is 313 g/mol. The fraction of sp³-hybridized carbons (Fsp3) is 0.222. The topological polar surface area (TPSA) is 78.6 Å². The second kappa shape index (κ2) is 8.10. The molecule has 0 aliphatic carbocycles.